The number of aliphatic imine (C=N–C) groups is 1. The van der Waals surface area contributed by atoms with Crippen molar-refractivity contribution in [1.29, 1.82) is 0 Å². The van der Waals surface area contributed by atoms with Crippen LogP contribution in [0.15, 0.2) is 4.99 Å². The highest BCUT2D eigenvalue weighted by Gasteiger charge is 2.39. The Morgan fingerprint density at radius 1 is 0.741 bits per heavy atom. The minimum atomic E-state index is -1.54. The van der Waals surface area contributed by atoms with Crippen molar-refractivity contribution >= 4 is 59.2 Å². The van der Waals surface area contributed by atoms with Crippen molar-refractivity contribution in [1.82, 2.24) is 42.1 Å². The maximum atomic E-state index is 13.8. The Labute approximate surface area is 337 Å². The molecule has 23 nitrogen and oxygen atoms in total. The number of aliphatic carboxylic acids is 1. The van der Waals surface area contributed by atoms with Gasteiger partial charge in [-0.25, -0.2) is 4.79 Å². The molecule has 1 aliphatic heterocycles. The van der Waals surface area contributed by atoms with Gasteiger partial charge >= 0.3 is 5.97 Å². The maximum Gasteiger partial charge on any atom is 0.326 e. The highest BCUT2D eigenvalue weighted by molar-refractivity contribution is 5.97. The van der Waals surface area contributed by atoms with Gasteiger partial charge in [-0.1, -0.05) is 13.8 Å². The molecule has 15 N–H and O–H groups in total. The molecule has 1 rings (SSSR count). The molecule has 1 heterocycles. The Hall–Kier alpha value is -5.58. The zero-order chi connectivity index (χ0) is 44.4. The molecule has 23 heteroatoms. The summed E-state index contributed by atoms with van der Waals surface area (Å²) in [6.45, 7) is 9.93. The van der Waals surface area contributed by atoms with Crippen LogP contribution >= 0.6 is 0 Å². The Balaban J connectivity index is 2.84. The third kappa shape index (κ3) is 17.3. The van der Waals surface area contributed by atoms with Gasteiger partial charge in [-0.3, -0.25) is 43.3 Å². The van der Waals surface area contributed by atoms with Crippen LogP contribution in [-0.2, 0) is 43.2 Å². The number of carbonyl (C=O) groups is 9. The number of guanidine groups is 1. The standard InChI is InChI=1S/C35H62N12O11/c1-16(2)14-23(34(57)58)45-32(55)26(21(7)48)46-30(53)19(5)41-25(49)15-40-28(51)18(4)43-31(54)24-11-9-13-47(24)33(56)22(10-8-12-39-35(37)38)44-29(52)20(6)42-27(50)17(3)36/h16-24,26,48H,8-15,36H2,1-7H3,(H,40,51)(H,41,49)(H,42,50)(H,43,54)(H,44,52)(H,45,55)(H,46,53)(H,57,58)(H4,37,38,39)/t17-,18-,19-,20-,21+,22-,23-,24-,26-/m0/s1. The van der Waals surface area contributed by atoms with Crippen LogP contribution in [0.5, 0.6) is 0 Å². The van der Waals surface area contributed by atoms with E-state index in [9.17, 15) is 53.4 Å². The summed E-state index contributed by atoms with van der Waals surface area (Å²) in [4.78, 5) is 120. The summed E-state index contributed by atoms with van der Waals surface area (Å²) in [5.41, 5.74) is 16.3. The molecule has 1 fully saturated rings. The van der Waals surface area contributed by atoms with Crippen molar-refractivity contribution in [2.24, 2.45) is 28.1 Å². The first kappa shape index (κ1) is 50.4. The van der Waals surface area contributed by atoms with Gasteiger partial charge < -0.3 is 69.5 Å². The topological polar surface area (TPSA) is 372 Å². The Kier molecular flexibility index (Phi) is 21.1. The second kappa shape index (κ2) is 24.2. The van der Waals surface area contributed by atoms with Gasteiger partial charge in [-0.05, 0) is 72.6 Å². The molecule has 0 bridgehead atoms. The van der Waals surface area contributed by atoms with E-state index in [1.807, 2.05) is 0 Å². The third-order valence-electron chi connectivity index (χ3n) is 8.89. The fraction of sp³-hybridized carbons (Fsp3) is 0.714. The van der Waals surface area contributed by atoms with Crippen LogP contribution in [0.3, 0.4) is 0 Å². The zero-order valence-electron chi connectivity index (χ0n) is 34.1. The first-order valence-electron chi connectivity index (χ1n) is 19.1. The number of nitrogens with zero attached hydrogens (tertiary/aromatic N) is 2. The molecular formula is C35H62N12O11. The summed E-state index contributed by atoms with van der Waals surface area (Å²) in [7, 11) is 0. The number of carboxylic acid groups (broad SMARTS) is 1. The lowest BCUT2D eigenvalue weighted by Gasteiger charge is -2.30. The average Bonchev–Trinajstić information content (AvgIpc) is 3.63. The molecule has 9 atom stereocenters. The lowest BCUT2D eigenvalue weighted by Crippen LogP contribution is -2.59. The van der Waals surface area contributed by atoms with Gasteiger partial charge in [0.2, 0.25) is 47.3 Å². The quantitative estimate of drug-likeness (QED) is 0.0261. The van der Waals surface area contributed by atoms with E-state index in [2.05, 4.69) is 42.2 Å². The minimum Gasteiger partial charge on any atom is -0.480 e. The zero-order valence-corrected chi connectivity index (χ0v) is 34.1. The first-order chi connectivity index (χ1) is 27.0. The van der Waals surface area contributed by atoms with E-state index in [1.165, 1.54) is 39.5 Å². The Morgan fingerprint density at radius 3 is 1.86 bits per heavy atom. The van der Waals surface area contributed by atoms with E-state index in [0.717, 1.165) is 0 Å². The molecule has 0 aliphatic carbocycles. The number of hydrogen-bond acceptors (Lipinski definition) is 12. The second-order valence-corrected chi connectivity index (χ2v) is 14.7. The number of nitrogens with one attached hydrogen (secondary N) is 7. The minimum absolute atomic E-state index is 0.0796. The van der Waals surface area contributed by atoms with Crippen LogP contribution in [-0.4, -0.2) is 148 Å². The van der Waals surface area contributed by atoms with Crippen LogP contribution < -0.4 is 54.4 Å². The number of rotatable bonds is 23. The fourth-order valence-corrected chi connectivity index (χ4v) is 5.66. The fourth-order valence-electron chi connectivity index (χ4n) is 5.66. The molecule has 58 heavy (non-hydrogen) atoms. The molecule has 8 amide bonds. The third-order valence-corrected chi connectivity index (χ3v) is 8.89. The number of aliphatic hydroxyl groups excluding tert-OH is 1. The monoisotopic (exact) mass is 826 g/mol. The summed E-state index contributed by atoms with van der Waals surface area (Å²) < 4.78 is 0. The lowest BCUT2D eigenvalue weighted by molar-refractivity contribution is -0.143. The molecular weight excluding hydrogens is 764 g/mol. The Morgan fingerprint density at radius 2 is 1.31 bits per heavy atom. The van der Waals surface area contributed by atoms with E-state index in [0.29, 0.717) is 6.42 Å². The normalized spacial score (nSPS) is 17.8. The number of carboxylic acids is 1. The van der Waals surface area contributed by atoms with Crippen molar-refractivity contribution in [3.8, 4) is 0 Å². The molecule has 328 valence electrons. The molecule has 0 unspecified atom stereocenters. The van der Waals surface area contributed by atoms with Gasteiger partial charge in [0.25, 0.3) is 0 Å². The van der Waals surface area contributed by atoms with Gasteiger partial charge in [0, 0.05) is 13.1 Å². The van der Waals surface area contributed by atoms with Gasteiger partial charge in [0.1, 0.15) is 42.3 Å². The van der Waals surface area contributed by atoms with Crippen LogP contribution in [0.4, 0.5) is 0 Å². The summed E-state index contributed by atoms with van der Waals surface area (Å²) in [5, 5.41) is 36.4. The largest absolute Gasteiger partial charge is 0.480 e. The summed E-state index contributed by atoms with van der Waals surface area (Å²) in [6.07, 6.45) is -0.269. The first-order valence-corrected chi connectivity index (χ1v) is 19.1. The lowest BCUT2D eigenvalue weighted by atomic mass is 10.0. The predicted molar refractivity (Wildman–Crippen MR) is 209 cm³/mol. The molecule has 0 saturated carbocycles. The molecule has 0 aromatic rings. The van der Waals surface area contributed by atoms with Gasteiger partial charge in [0.05, 0.1) is 18.7 Å². The van der Waals surface area contributed by atoms with Crippen molar-refractivity contribution in [2.75, 3.05) is 19.6 Å². The van der Waals surface area contributed by atoms with E-state index in [1.54, 1.807) is 13.8 Å². The number of carbonyl (C=O) groups excluding carboxylic acids is 8. The number of amides is 8. The predicted octanol–water partition coefficient (Wildman–Crippen LogP) is -5.03. The van der Waals surface area contributed by atoms with Gasteiger partial charge in [0.15, 0.2) is 5.96 Å². The second-order valence-electron chi connectivity index (χ2n) is 14.7. The van der Waals surface area contributed by atoms with Crippen molar-refractivity contribution in [3.63, 3.8) is 0 Å². The van der Waals surface area contributed by atoms with Crippen LogP contribution in [0.2, 0.25) is 0 Å². The van der Waals surface area contributed by atoms with Crippen molar-refractivity contribution in [2.45, 2.75) is 135 Å². The van der Waals surface area contributed by atoms with E-state index in [-0.39, 0.29) is 50.7 Å². The molecule has 1 aliphatic rings. The molecule has 0 aromatic carbocycles. The van der Waals surface area contributed by atoms with Crippen molar-refractivity contribution in [3.05, 3.63) is 0 Å². The number of aliphatic hydroxyl groups is 1. The van der Waals surface area contributed by atoms with E-state index < -0.39 is 114 Å². The molecule has 0 spiro atoms. The van der Waals surface area contributed by atoms with Crippen LogP contribution in [0.25, 0.3) is 0 Å². The Bertz CT molecular complexity index is 1520. The summed E-state index contributed by atoms with van der Waals surface area (Å²) in [6, 6.07) is -9.29. The number of likely N-dealkylation sites (tertiary alicyclic amines) is 1. The highest BCUT2D eigenvalue weighted by Crippen LogP contribution is 2.20. The van der Waals surface area contributed by atoms with E-state index >= 15 is 0 Å². The van der Waals surface area contributed by atoms with Gasteiger partial charge in [-0.2, -0.15) is 0 Å². The summed E-state index contributed by atoms with van der Waals surface area (Å²) >= 11 is 0. The number of hydrogen-bond donors (Lipinski definition) is 12. The SMILES string of the molecule is CC(C)C[C@H](NC(=O)[C@@H](NC(=O)[C@H](C)NC(=O)CNC(=O)[C@H](C)NC(=O)[C@@H]1CCCN1C(=O)[C@H](CCCN=C(N)N)NC(=O)[C@H](C)NC(=O)[C@H](C)N)[C@@H](C)O)C(=O)O. The number of nitrogens with two attached hydrogens (primary N) is 3. The maximum absolute atomic E-state index is 13.8. The molecule has 0 aromatic heterocycles. The van der Waals surface area contributed by atoms with E-state index in [4.69, 9.17) is 17.2 Å². The highest BCUT2D eigenvalue weighted by atomic mass is 16.4. The smallest absolute Gasteiger partial charge is 0.326 e. The van der Waals surface area contributed by atoms with Crippen LogP contribution in [0, 0.1) is 5.92 Å². The average molecular weight is 827 g/mol. The van der Waals surface area contributed by atoms with Gasteiger partial charge in [-0.15, -0.1) is 0 Å². The van der Waals surface area contributed by atoms with Crippen LogP contribution in [0.1, 0.15) is 80.6 Å². The molecule has 0 radical (unpaired) electrons. The summed E-state index contributed by atoms with van der Waals surface area (Å²) in [5.74, 6) is -7.43. The van der Waals surface area contributed by atoms with Crippen molar-refractivity contribution < 1.29 is 53.4 Å². The molecule has 1 saturated heterocycles.